The van der Waals surface area contributed by atoms with Gasteiger partial charge in [-0.15, -0.1) is 11.6 Å². The molecule has 0 aliphatic carbocycles. The van der Waals surface area contributed by atoms with Crippen LogP contribution in [0.1, 0.15) is 16.5 Å². The van der Waals surface area contributed by atoms with Crippen LogP contribution >= 0.6 is 34.8 Å². The smallest absolute Gasteiger partial charge is 0.138 e. The summed E-state index contributed by atoms with van der Waals surface area (Å²) in [5.74, 6) is -2.93. The van der Waals surface area contributed by atoms with Gasteiger partial charge in [0, 0.05) is 28.8 Å². The number of hydrogen-bond acceptors (Lipinski definition) is 1. The lowest BCUT2D eigenvalue weighted by molar-refractivity contribution is 0.415. The maximum atomic E-state index is 13.8. The fourth-order valence-corrected chi connectivity index (χ4v) is 2.80. The lowest BCUT2D eigenvalue weighted by Crippen LogP contribution is -2.03. The number of halogens is 6. The monoisotopic (exact) mass is 354 g/mol. The van der Waals surface area contributed by atoms with Gasteiger partial charge in [-0.05, 0) is 11.6 Å². The van der Waals surface area contributed by atoms with E-state index in [1.165, 1.54) is 19.2 Å². The Morgan fingerprint density at radius 1 is 0.952 bits per heavy atom. The normalized spacial score (nSPS) is 12.3. The van der Waals surface area contributed by atoms with Gasteiger partial charge in [0.2, 0.25) is 0 Å². The van der Waals surface area contributed by atoms with Crippen molar-refractivity contribution in [2.24, 2.45) is 0 Å². The van der Waals surface area contributed by atoms with E-state index in [1.54, 1.807) is 0 Å². The van der Waals surface area contributed by atoms with Crippen LogP contribution in [0.4, 0.5) is 13.2 Å². The Hall–Kier alpha value is -1.10. The van der Waals surface area contributed by atoms with Gasteiger partial charge >= 0.3 is 0 Å². The van der Waals surface area contributed by atoms with Crippen molar-refractivity contribution >= 4 is 34.8 Å². The van der Waals surface area contributed by atoms with E-state index in [2.05, 4.69) is 0 Å². The molecule has 1 nitrogen and oxygen atoms in total. The molecule has 0 bridgehead atoms. The Bertz CT molecular complexity index is 668. The van der Waals surface area contributed by atoms with Crippen molar-refractivity contribution in [3.8, 4) is 5.75 Å². The maximum Gasteiger partial charge on any atom is 0.138 e. The van der Waals surface area contributed by atoms with Crippen molar-refractivity contribution in [1.29, 1.82) is 0 Å². The van der Waals surface area contributed by atoms with Crippen LogP contribution < -0.4 is 4.74 Å². The van der Waals surface area contributed by atoms with Crippen molar-refractivity contribution in [3.05, 3.63) is 62.9 Å². The Morgan fingerprint density at radius 2 is 1.52 bits per heavy atom. The van der Waals surface area contributed by atoms with Crippen molar-refractivity contribution < 1.29 is 17.9 Å². The number of hydrogen-bond donors (Lipinski definition) is 0. The molecule has 0 saturated carbocycles. The van der Waals surface area contributed by atoms with Crippen LogP contribution in [0.2, 0.25) is 10.0 Å². The molecule has 2 rings (SSSR count). The zero-order valence-electron chi connectivity index (χ0n) is 10.6. The molecule has 0 heterocycles. The Balaban J connectivity index is 2.55. The Morgan fingerprint density at radius 3 is 2.05 bits per heavy atom. The highest BCUT2D eigenvalue weighted by molar-refractivity contribution is 6.36. The zero-order valence-corrected chi connectivity index (χ0v) is 12.8. The molecule has 0 spiro atoms. The van der Waals surface area contributed by atoms with Gasteiger partial charge in [0.05, 0.1) is 17.5 Å². The predicted molar refractivity (Wildman–Crippen MR) is 77.0 cm³/mol. The first-order valence-corrected chi connectivity index (χ1v) is 6.85. The van der Waals surface area contributed by atoms with Crippen LogP contribution in [0.5, 0.6) is 5.75 Å². The molecular formula is C14H8Cl3F3O. The summed E-state index contributed by atoms with van der Waals surface area (Å²) < 4.78 is 45.4. The van der Waals surface area contributed by atoms with E-state index in [-0.39, 0.29) is 15.6 Å². The summed E-state index contributed by atoms with van der Waals surface area (Å²) in [4.78, 5) is 0. The van der Waals surface area contributed by atoms with Crippen molar-refractivity contribution in [2.45, 2.75) is 5.38 Å². The number of rotatable bonds is 3. The van der Waals surface area contributed by atoms with Gasteiger partial charge in [-0.1, -0.05) is 23.2 Å². The summed E-state index contributed by atoms with van der Waals surface area (Å²) in [6, 6.07) is 3.83. The van der Waals surface area contributed by atoms with Crippen LogP contribution in [0.15, 0.2) is 24.3 Å². The quantitative estimate of drug-likeness (QED) is 0.637. The molecule has 0 saturated heterocycles. The highest BCUT2D eigenvalue weighted by Gasteiger charge is 2.24. The molecule has 0 N–H and O–H groups in total. The molecule has 21 heavy (non-hydrogen) atoms. The molecule has 1 atom stereocenters. The fraction of sp³-hybridized carbons (Fsp3) is 0.143. The van der Waals surface area contributed by atoms with E-state index in [9.17, 15) is 13.2 Å². The third kappa shape index (κ3) is 3.23. The Labute approximate surface area is 134 Å². The summed E-state index contributed by atoms with van der Waals surface area (Å²) in [5, 5.41) is -0.952. The second-order valence-electron chi connectivity index (χ2n) is 4.15. The minimum absolute atomic E-state index is 0.124. The van der Waals surface area contributed by atoms with Crippen LogP contribution in [0.3, 0.4) is 0 Å². The highest BCUT2D eigenvalue weighted by atomic mass is 35.5. The molecule has 112 valence electrons. The summed E-state index contributed by atoms with van der Waals surface area (Å²) in [6.45, 7) is 0. The van der Waals surface area contributed by atoms with Gasteiger partial charge in [-0.2, -0.15) is 0 Å². The summed E-state index contributed by atoms with van der Waals surface area (Å²) in [5.41, 5.74) is -0.310. The summed E-state index contributed by atoms with van der Waals surface area (Å²) in [6.07, 6.45) is 0. The minimum atomic E-state index is -1.26. The number of alkyl halides is 1. The van der Waals surface area contributed by atoms with E-state index in [4.69, 9.17) is 39.5 Å². The molecule has 0 fully saturated rings. The zero-order chi connectivity index (χ0) is 15.7. The molecule has 2 aromatic carbocycles. The first-order chi connectivity index (χ1) is 9.85. The minimum Gasteiger partial charge on any atom is -0.495 e. The molecule has 0 aliphatic rings. The fourth-order valence-electron chi connectivity index (χ4n) is 1.85. The lowest BCUT2D eigenvalue weighted by Gasteiger charge is -2.15. The molecule has 7 heteroatoms. The van der Waals surface area contributed by atoms with Gasteiger partial charge in [0.25, 0.3) is 0 Å². The summed E-state index contributed by atoms with van der Waals surface area (Å²) >= 11 is 18.0. The van der Waals surface area contributed by atoms with Gasteiger partial charge in [0.1, 0.15) is 23.2 Å². The Kier molecular flexibility index (Phi) is 4.91. The van der Waals surface area contributed by atoms with Gasteiger partial charge in [-0.25, -0.2) is 13.2 Å². The third-order valence-electron chi connectivity index (χ3n) is 2.84. The first kappa shape index (κ1) is 16.3. The molecule has 1 unspecified atom stereocenters. The average Bonchev–Trinajstić information content (AvgIpc) is 2.39. The molecule has 2 aromatic rings. The van der Waals surface area contributed by atoms with Crippen LogP contribution in [-0.4, -0.2) is 7.11 Å². The van der Waals surface area contributed by atoms with Gasteiger partial charge in [-0.3, -0.25) is 0 Å². The molecule has 0 amide bonds. The molecule has 0 radical (unpaired) electrons. The molecular weight excluding hydrogens is 348 g/mol. The van der Waals surface area contributed by atoms with Crippen molar-refractivity contribution in [1.82, 2.24) is 0 Å². The lowest BCUT2D eigenvalue weighted by atomic mass is 10.0. The van der Waals surface area contributed by atoms with Crippen molar-refractivity contribution in [3.63, 3.8) is 0 Å². The van der Waals surface area contributed by atoms with Crippen molar-refractivity contribution in [2.75, 3.05) is 7.11 Å². The third-order valence-corrected chi connectivity index (χ3v) is 3.92. The van der Waals surface area contributed by atoms with E-state index in [1.807, 2.05) is 0 Å². The number of ether oxygens (including phenoxy) is 1. The highest BCUT2D eigenvalue weighted by Crippen LogP contribution is 2.40. The first-order valence-electron chi connectivity index (χ1n) is 5.66. The van der Waals surface area contributed by atoms with E-state index in [0.29, 0.717) is 17.9 Å². The van der Waals surface area contributed by atoms with E-state index < -0.39 is 28.4 Å². The predicted octanol–water partition coefficient (Wildman–Crippen LogP) is 5.75. The standard InChI is InChI=1S/C14H8Cl3F3O/c1-21-12-5-8(15)7(4-9(12)16)14(17)13-10(19)2-6(18)3-11(13)20/h2-5,14H,1H3. The average molecular weight is 356 g/mol. The second-order valence-corrected chi connectivity index (χ2v) is 5.40. The van der Waals surface area contributed by atoms with Crippen LogP contribution in [0.25, 0.3) is 0 Å². The number of benzene rings is 2. The van der Waals surface area contributed by atoms with E-state index in [0.717, 1.165) is 0 Å². The maximum absolute atomic E-state index is 13.8. The molecule has 0 aromatic heterocycles. The largest absolute Gasteiger partial charge is 0.495 e. The van der Waals surface area contributed by atoms with Gasteiger partial charge < -0.3 is 4.74 Å². The van der Waals surface area contributed by atoms with Crippen LogP contribution in [0, 0.1) is 17.5 Å². The summed E-state index contributed by atoms with van der Waals surface area (Å²) in [7, 11) is 1.40. The molecule has 0 aliphatic heterocycles. The second kappa shape index (κ2) is 6.34. The van der Waals surface area contributed by atoms with Gasteiger partial charge in [0.15, 0.2) is 0 Å². The van der Waals surface area contributed by atoms with E-state index >= 15 is 0 Å². The van der Waals surface area contributed by atoms with Crippen LogP contribution in [-0.2, 0) is 0 Å². The SMILES string of the molecule is COc1cc(Cl)c(C(Cl)c2c(F)cc(F)cc2F)cc1Cl. The number of methoxy groups -OCH3 is 1. The topological polar surface area (TPSA) is 9.23 Å².